The van der Waals surface area contributed by atoms with Crippen LogP contribution in [0.2, 0.25) is 5.02 Å². The minimum atomic E-state index is -0.174. The minimum absolute atomic E-state index is 0.174. The van der Waals surface area contributed by atoms with Crippen molar-refractivity contribution in [1.82, 2.24) is 9.97 Å². The van der Waals surface area contributed by atoms with Gasteiger partial charge in [-0.2, -0.15) is 11.8 Å². The van der Waals surface area contributed by atoms with Gasteiger partial charge in [-0.3, -0.25) is 0 Å². The summed E-state index contributed by atoms with van der Waals surface area (Å²) < 4.78 is 0. The van der Waals surface area contributed by atoms with Gasteiger partial charge in [-0.1, -0.05) is 11.6 Å². The average molecular weight is 258 g/mol. The number of rotatable bonds is 1. The predicted molar refractivity (Wildman–Crippen MR) is 65.0 cm³/mol. The zero-order valence-electron chi connectivity index (χ0n) is 8.58. The standard InChI is InChI=1S/C10H12ClN3OS/c11-6-1-12-10(13-2-6)14-3-7-8(15)5-16-9(7)4-14/h1-2,7-9,15H,3-5H2. The fourth-order valence-corrected chi connectivity index (χ4v) is 3.91. The maximum absolute atomic E-state index is 9.80. The lowest BCUT2D eigenvalue weighted by atomic mass is 10.0. The Bertz CT molecular complexity index is 388. The molecule has 2 saturated heterocycles. The summed E-state index contributed by atoms with van der Waals surface area (Å²) in [6.45, 7) is 1.77. The van der Waals surface area contributed by atoms with E-state index in [2.05, 4.69) is 14.9 Å². The summed E-state index contributed by atoms with van der Waals surface area (Å²) in [5.74, 6) is 1.95. The van der Waals surface area contributed by atoms with Crippen molar-refractivity contribution in [1.29, 1.82) is 0 Å². The fourth-order valence-electron chi connectivity index (χ4n) is 2.32. The maximum Gasteiger partial charge on any atom is 0.225 e. The third kappa shape index (κ3) is 1.77. The van der Waals surface area contributed by atoms with E-state index in [1.165, 1.54) is 0 Å². The molecule has 1 N–H and O–H groups in total. The van der Waals surface area contributed by atoms with E-state index in [9.17, 15) is 5.11 Å². The van der Waals surface area contributed by atoms with Crippen LogP contribution in [-0.2, 0) is 0 Å². The Kier molecular flexibility index (Phi) is 2.69. The van der Waals surface area contributed by atoms with Crippen molar-refractivity contribution in [2.75, 3.05) is 23.7 Å². The number of halogens is 1. The zero-order chi connectivity index (χ0) is 11.1. The highest BCUT2D eigenvalue weighted by molar-refractivity contribution is 8.00. The van der Waals surface area contributed by atoms with Gasteiger partial charge in [0.15, 0.2) is 0 Å². The molecule has 3 rings (SSSR count). The predicted octanol–water partition coefficient (Wildman–Crippen LogP) is 1.04. The number of aliphatic hydroxyl groups is 1. The Balaban J connectivity index is 1.76. The van der Waals surface area contributed by atoms with Crippen LogP contribution in [-0.4, -0.2) is 45.3 Å². The number of anilines is 1. The Morgan fingerprint density at radius 2 is 2.12 bits per heavy atom. The van der Waals surface area contributed by atoms with Crippen LogP contribution in [0.5, 0.6) is 0 Å². The smallest absolute Gasteiger partial charge is 0.225 e. The van der Waals surface area contributed by atoms with E-state index >= 15 is 0 Å². The monoisotopic (exact) mass is 257 g/mol. The molecule has 1 aromatic rings. The first kappa shape index (κ1) is 10.6. The largest absolute Gasteiger partial charge is 0.392 e. The van der Waals surface area contributed by atoms with Gasteiger partial charge in [0.05, 0.1) is 23.5 Å². The molecule has 0 saturated carbocycles. The molecule has 2 aliphatic rings. The van der Waals surface area contributed by atoms with Gasteiger partial charge in [0.25, 0.3) is 0 Å². The average Bonchev–Trinajstić information content (AvgIpc) is 2.83. The molecule has 0 bridgehead atoms. The minimum Gasteiger partial charge on any atom is -0.392 e. The van der Waals surface area contributed by atoms with Crippen LogP contribution in [0.15, 0.2) is 12.4 Å². The SMILES string of the molecule is OC1CSC2CN(c3ncc(Cl)cn3)CC12. The quantitative estimate of drug-likeness (QED) is 0.815. The van der Waals surface area contributed by atoms with Crippen LogP contribution >= 0.6 is 23.4 Å². The summed E-state index contributed by atoms with van der Waals surface area (Å²) in [6, 6.07) is 0. The molecule has 2 fully saturated rings. The molecule has 6 heteroatoms. The van der Waals surface area contributed by atoms with E-state index in [0.29, 0.717) is 22.1 Å². The van der Waals surface area contributed by atoms with Crippen LogP contribution in [0, 0.1) is 5.92 Å². The highest BCUT2D eigenvalue weighted by Gasteiger charge is 2.43. The van der Waals surface area contributed by atoms with Crippen LogP contribution in [0.4, 0.5) is 5.95 Å². The molecular formula is C10H12ClN3OS. The molecule has 0 aromatic carbocycles. The summed E-state index contributed by atoms with van der Waals surface area (Å²) in [4.78, 5) is 10.5. The molecule has 0 aliphatic carbocycles. The third-order valence-electron chi connectivity index (χ3n) is 3.17. The Morgan fingerprint density at radius 3 is 2.81 bits per heavy atom. The highest BCUT2D eigenvalue weighted by atomic mass is 35.5. The molecule has 3 atom stereocenters. The van der Waals surface area contributed by atoms with Gasteiger partial charge in [-0.05, 0) is 0 Å². The molecule has 3 heterocycles. The molecule has 1 aromatic heterocycles. The van der Waals surface area contributed by atoms with E-state index in [1.807, 2.05) is 11.8 Å². The second-order valence-corrected chi connectivity index (χ2v) is 5.92. The van der Waals surface area contributed by atoms with Gasteiger partial charge in [-0.15, -0.1) is 0 Å². The van der Waals surface area contributed by atoms with E-state index in [-0.39, 0.29) is 6.10 Å². The van der Waals surface area contributed by atoms with Crippen molar-refractivity contribution < 1.29 is 5.11 Å². The van der Waals surface area contributed by atoms with Crippen LogP contribution in [0.3, 0.4) is 0 Å². The van der Waals surface area contributed by atoms with Gasteiger partial charge in [-0.25, -0.2) is 9.97 Å². The molecule has 0 spiro atoms. The first-order valence-corrected chi connectivity index (χ1v) is 6.69. The van der Waals surface area contributed by atoms with Crippen molar-refractivity contribution >= 4 is 29.3 Å². The van der Waals surface area contributed by atoms with E-state index in [4.69, 9.17) is 11.6 Å². The first-order chi connectivity index (χ1) is 7.74. The Morgan fingerprint density at radius 1 is 1.38 bits per heavy atom. The number of thioether (sulfide) groups is 1. The zero-order valence-corrected chi connectivity index (χ0v) is 10.2. The molecule has 3 unspecified atom stereocenters. The van der Waals surface area contributed by atoms with Gasteiger partial charge in [0.2, 0.25) is 5.95 Å². The van der Waals surface area contributed by atoms with E-state index in [1.54, 1.807) is 12.4 Å². The third-order valence-corrected chi connectivity index (χ3v) is 4.83. The molecule has 4 nitrogen and oxygen atoms in total. The van der Waals surface area contributed by atoms with Crippen molar-refractivity contribution in [3.05, 3.63) is 17.4 Å². The molecule has 0 amide bonds. The molecular weight excluding hydrogens is 246 g/mol. The number of nitrogens with zero attached hydrogens (tertiary/aromatic N) is 3. The molecule has 0 radical (unpaired) electrons. The van der Waals surface area contributed by atoms with Crippen molar-refractivity contribution in [3.63, 3.8) is 0 Å². The number of hydrogen-bond acceptors (Lipinski definition) is 5. The maximum atomic E-state index is 9.80. The summed E-state index contributed by atoms with van der Waals surface area (Å²) in [5.41, 5.74) is 0. The molecule has 86 valence electrons. The van der Waals surface area contributed by atoms with E-state index < -0.39 is 0 Å². The number of hydrogen-bond donors (Lipinski definition) is 1. The van der Waals surface area contributed by atoms with Crippen molar-refractivity contribution in [2.45, 2.75) is 11.4 Å². The second-order valence-electron chi connectivity index (χ2n) is 4.21. The van der Waals surface area contributed by atoms with Gasteiger partial charge in [0.1, 0.15) is 0 Å². The lowest BCUT2D eigenvalue weighted by molar-refractivity contribution is 0.152. The molecule has 2 aliphatic heterocycles. The van der Waals surface area contributed by atoms with Crippen molar-refractivity contribution in [2.24, 2.45) is 5.92 Å². The second kappa shape index (κ2) is 4.05. The number of fused-ring (bicyclic) bond motifs is 1. The molecule has 16 heavy (non-hydrogen) atoms. The number of aromatic nitrogens is 2. The summed E-state index contributed by atoms with van der Waals surface area (Å²) in [7, 11) is 0. The van der Waals surface area contributed by atoms with E-state index in [0.717, 1.165) is 18.8 Å². The lowest BCUT2D eigenvalue weighted by Gasteiger charge is -2.17. The van der Waals surface area contributed by atoms with Crippen LogP contribution < -0.4 is 4.90 Å². The first-order valence-electron chi connectivity index (χ1n) is 5.26. The van der Waals surface area contributed by atoms with Crippen LogP contribution in [0.25, 0.3) is 0 Å². The van der Waals surface area contributed by atoms with Crippen LogP contribution in [0.1, 0.15) is 0 Å². The summed E-state index contributed by atoms with van der Waals surface area (Å²) in [6.07, 6.45) is 3.05. The lowest BCUT2D eigenvalue weighted by Crippen LogP contribution is -2.26. The fraction of sp³-hybridized carbons (Fsp3) is 0.600. The topological polar surface area (TPSA) is 49.2 Å². The summed E-state index contributed by atoms with van der Waals surface area (Å²) >= 11 is 7.60. The van der Waals surface area contributed by atoms with Gasteiger partial charge in [0, 0.05) is 30.0 Å². The van der Waals surface area contributed by atoms with Gasteiger partial charge >= 0.3 is 0 Å². The van der Waals surface area contributed by atoms with Gasteiger partial charge < -0.3 is 10.0 Å². The van der Waals surface area contributed by atoms with Crippen molar-refractivity contribution in [3.8, 4) is 0 Å². The Hall–Kier alpha value is -0.520. The normalized spacial score (nSPS) is 33.1. The Labute approximate surface area is 103 Å². The summed E-state index contributed by atoms with van der Waals surface area (Å²) in [5, 5.41) is 10.9. The number of aliphatic hydroxyl groups excluding tert-OH is 1. The highest BCUT2D eigenvalue weighted by Crippen LogP contribution is 2.38.